The number of thioether (sulfide) groups is 1. The smallest absolute Gasteiger partial charge is 0.236 e. The second-order valence-electron chi connectivity index (χ2n) is 5.84. The van der Waals surface area contributed by atoms with Crippen molar-refractivity contribution in [2.24, 2.45) is 0 Å². The van der Waals surface area contributed by atoms with Crippen molar-refractivity contribution in [2.45, 2.75) is 60.3 Å². The van der Waals surface area contributed by atoms with Crippen LogP contribution in [-0.2, 0) is 4.79 Å². The van der Waals surface area contributed by atoms with Crippen LogP contribution in [0.1, 0.15) is 38.5 Å². The molecule has 108 valence electrons. The van der Waals surface area contributed by atoms with Gasteiger partial charge in [0.2, 0.25) is 5.91 Å². The van der Waals surface area contributed by atoms with Gasteiger partial charge in [-0.05, 0) is 37.8 Å². The molecular formula is C16H21NO2S. The Morgan fingerprint density at radius 3 is 2.55 bits per heavy atom. The van der Waals surface area contributed by atoms with Crippen LogP contribution in [0, 0.1) is 0 Å². The molecule has 2 aliphatic carbocycles. The molecule has 4 heteroatoms. The summed E-state index contributed by atoms with van der Waals surface area (Å²) in [5.74, 6) is 0.109. The second kappa shape index (κ2) is 5.78. The van der Waals surface area contributed by atoms with Gasteiger partial charge in [0, 0.05) is 4.90 Å². The Kier molecular flexibility index (Phi) is 4.03. The van der Waals surface area contributed by atoms with Crippen LogP contribution in [-0.4, -0.2) is 27.9 Å². The minimum absolute atomic E-state index is 0.0508. The van der Waals surface area contributed by atoms with Crippen molar-refractivity contribution in [3.05, 3.63) is 30.3 Å². The molecule has 3 rings (SSSR count). The Balaban J connectivity index is 1.61. The molecule has 2 fully saturated rings. The van der Waals surface area contributed by atoms with Crippen LogP contribution in [0.25, 0.3) is 0 Å². The van der Waals surface area contributed by atoms with Crippen LogP contribution >= 0.6 is 11.8 Å². The Hall–Kier alpha value is -1.00. The maximum atomic E-state index is 12.5. The molecule has 3 nitrogen and oxygen atoms in total. The van der Waals surface area contributed by atoms with Crippen LogP contribution in [0.3, 0.4) is 0 Å². The third kappa shape index (κ3) is 3.01. The molecule has 2 aliphatic rings. The lowest BCUT2D eigenvalue weighted by Gasteiger charge is -2.29. The molecule has 0 unspecified atom stereocenters. The fourth-order valence-electron chi connectivity index (χ4n) is 2.78. The van der Waals surface area contributed by atoms with Gasteiger partial charge in [-0.2, -0.15) is 0 Å². The predicted molar refractivity (Wildman–Crippen MR) is 80.7 cm³/mol. The highest BCUT2D eigenvalue weighted by Gasteiger charge is 2.51. The lowest BCUT2D eigenvalue weighted by Crippen LogP contribution is -2.48. The first-order valence-electron chi connectivity index (χ1n) is 7.43. The molecular weight excluding hydrogens is 270 g/mol. The number of hydrogen-bond acceptors (Lipinski definition) is 3. The standard InChI is InChI=1S/C16H21NO2S/c18-14-9-5-4-8-13(14)17-15(19)16(10-11-16)20-12-6-2-1-3-7-12/h1-3,6-7,13-14,18H,4-5,8-11H2,(H,17,19)/t13-,14-/m1/s1. The number of aliphatic hydroxyl groups excluding tert-OH is 1. The molecule has 0 aliphatic heterocycles. The monoisotopic (exact) mass is 291 g/mol. The van der Waals surface area contributed by atoms with Gasteiger partial charge in [0.05, 0.1) is 16.9 Å². The number of amides is 1. The summed E-state index contributed by atoms with van der Waals surface area (Å²) in [5, 5.41) is 13.1. The van der Waals surface area contributed by atoms with Crippen molar-refractivity contribution >= 4 is 17.7 Å². The molecule has 0 radical (unpaired) electrons. The van der Waals surface area contributed by atoms with E-state index in [1.165, 1.54) is 0 Å². The van der Waals surface area contributed by atoms with E-state index in [0.717, 1.165) is 43.4 Å². The molecule has 0 aromatic heterocycles. The fourth-order valence-corrected chi connectivity index (χ4v) is 3.98. The number of rotatable bonds is 4. The summed E-state index contributed by atoms with van der Waals surface area (Å²) in [7, 11) is 0. The minimum Gasteiger partial charge on any atom is -0.391 e. The summed E-state index contributed by atoms with van der Waals surface area (Å²) in [6.07, 6.45) is 5.37. The summed E-state index contributed by atoms with van der Waals surface area (Å²) in [6, 6.07) is 10.0. The first-order valence-corrected chi connectivity index (χ1v) is 8.24. The summed E-state index contributed by atoms with van der Waals surface area (Å²) < 4.78 is -0.293. The van der Waals surface area contributed by atoms with Gasteiger partial charge < -0.3 is 10.4 Å². The highest BCUT2D eigenvalue weighted by molar-refractivity contribution is 8.01. The van der Waals surface area contributed by atoms with Gasteiger partial charge in [-0.15, -0.1) is 11.8 Å². The molecule has 2 saturated carbocycles. The molecule has 2 atom stereocenters. The average molecular weight is 291 g/mol. The predicted octanol–water partition coefficient (Wildman–Crippen LogP) is 2.73. The molecule has 0 heterocycles. The van der Waals surface area contributed by atoms with E-state index < -0.39 is 0 Å². The van der Waals surface area contributed by atoms with E-state index in [1.54, 1.807) is 11.8 Å². The van der Waals surface area contributed by atoms with Crippen LogP contribution in [0.4, 0.5) is 0 Å². The quantitative estimate of drug-likeness (QED) is 0.897. The highest BCUT2D eigenvalue weighted by atomic mass is 32.2. The molecule has 1 amide bonds. The zero-order valence-corrected chi connectivity index (χ0v) is 12.4. The number of benzene rings is 1. The Labute approximate surface area is 124 Å². The number of hydrogen-bond donors (Lipinski definition) is 2. The molecule has 1 aromatic carbocycles. The highest BCUT2D eigenvalue weighted by Crippen LogP contribution is 2.52. The summed E-state index contributed by atoms with van der Waals surface area (Å²) in [5.41, 5.74) is 0. The van der Waals surface area contributed by atoms with Gasteiger partial charge in [-0.3, -0.25) is 4.79 Å². The van der Waals surface area contributed by atoms with Crippen LogP contribution in [0.2, 0.25) is 0 Å². The van der Waals surface area contributed by atoms with Gasteiger partial charge in [-0.1, -0.05) is 31.0 Å². The van der Waals surface area contributed by atoms with Gasteiger partial charge in [0.1, 0.15) is 0 Å². The van der Waals surface area contributed by atoms with Crippen molar-refractivity contribution < 1.29 is 9.90 Å². The second-order valence-corrected chi connectivity index (χ2v) is 7.30. The van der Waals surface area contributed by atoms with E-state index in [9.17, 15) is 9.90 Å². The van der Waals surface area contributed by atoms with Crippen LogP contribution < -0.4 is 5.32 Å². The third-order valence-corrected chi connectivity index (χ3v) is 5.71. The van der Waals surface area contributed by atoms with Crippen molar-refractivity contribution in [3.8, 4) is 0 Å². The van der Waals surface area contributed by atoms with Crippen molar-refractivity contribution in [1.29, 1.82) is 0 Å². The van der Waals surface area contributed by atoms with E-state index in [1.807, 2.05) is 30.3 Å². The maximum Gasteiger partial charge on any atom is 0.236 e. The molecule has 0 bridgehead atoms. The zero-order valence-electron chi connectivity index (χ0n) is 11.5. The first kappa shape index (κ1) is 14.0. The van der Waals surface area contributed by atoms with Crippen molar-refractivity contribution in [1.82, 2.24) is 5.32 Å². The minimum atomic E-state index is -0.370. The third-order valence-electron chi connectivity index (χ3n) is 4.22. The van der Waals surface area contributed by atoms with Crippen LogP contribution in [0.5, 0.6) is 0 Å². The molecule has 0 saturated heterocycles. The van der Waals surface area contributed by atoms with Gasteiger partial charge in [0.15, 0.2) is 0 Å². The molecule has 0 spiro atoms. The van der Waals surface area contributed by atoms with Crippen LogP contribution in [0.15, 0.2) is 35.2 Å². The van der Waals surface area contributed by atoms with Gasteiger partial charge in [0.25, 0.3) is 0 Å². The van der Waals surface area contributed by atoms with Gasteiger partial charge >= 0.3 is 0 Å². The molecule has 2 N–H and O–H groups in total. The first-order chi connectivity index (χ1) is 9.70. The summed E-state index contributed by atoms with van der Waals surface area (Å²) in [4.78, 5) is 13.6. The number of carbonyl (C=O) groups is 1. The van der Waals surface area contributed by atoms with E-state index in [2.05, 4.69) is 5.32 Å². The fraction of sp³-hybridized carbons (Fsp3) is 0.562. The molecule has 20 heavy (non-hydrogen) atoms. The Morgan fingerprint density at radius 1 is 1.20 bits per heavy atom. The number of carbonyl (C=O) groups excluding carboxylic acids is 1. The number of aliphatic hydroxyl groups is 1. The van der Waals surface area contributed by atoms with E-state index in [-0.39, 0.29) is 22.8 Å². The average Bonchev–Trinajstić information content (AvgIpc) is 3.23. The van der Waals surface area contributed by atoms with Crippen molar-refractivity contribution in [3.63, 3.8) is 0 Å². The number of nitrogens with one attached hydrogen (secondary N) is 1. The summed E-state index contributed by atoms with van der Waals surface area (Å²) >= 11 is 1.66. The maximum absolute atomic E-state index is 12.5. The lowest BCUT2D eigenvalue weighted by atomic mass is 9.92. The zero-order chi connectivity index (χ0) is 14.0. The Bertz CT molecular complexity index is 473. The van der Waals surface area contributed by atoms with E-state index in [0.29, 0.717) is 0 Å². The van der Waals surface area contributed by atoms with E-state index in [4.69, 9.17) is 0 Å². The van der Waals surface area contributed by atoms with Gasteiger partial charge in [-0.25, -0.2) is 0 Å². The summed E-state index contributed by atoms with van der Waals surface area (Å²) in [6.45, 7) is 0. The normalized spacial score (nSPS) is 27.9. The van der Waals surface area contributed by atoms with Crippen molar-refractivity contribution in [2.75, 3.05) is 0 Å². The van der Waals surface area contributed by atoms with E-state index >= 15 is 0 Å². The lowest BCUT2D eigenvalue weighted by molar-refractivity contribution is -0.123. The molecule has 1 aromatic rings. The largest absolute Gasteiger partial charge is 0.391 e. The SMILES string of the molecule is O=C(N[C@@H]1CCCC[C@H]1O)C1(Sc2ccccc2)CC1. The topological polar surface area (TPSA) is 49.3 Å². The Morgan fingerprint density at radius 2 is 1.90 bits per heavy atom.